The van der Waals surface area contributed by atoms with E-state index in [0.717, 1.165) is 25.3 Å². The Morgan fingerprint density at radius 1 is 1.40 bits per heavy atom. The lowest BCUT2D eigenvalue weighted by Crippen LogP contribution is -2.36. The van der Waals surface area contributed by atoms with Crippen molar-refractivity contribution in [2.24, 2.45) is 0 Å². The number of carbonyl (C=O) groups is 1. The minimum absolute atomic E-state index is 0.0233. The fourth-order valence-electron chi connectivity index (χ4n) is 1.59. The van der Waals surface area contributed by atoms with E-state index in [1.165, 1.54) is 0 Å². The maximum Gasteiger partial charge on any atom is 0.267 e. The Hall–Kier alpha value is -1.55. The first-order valence-corrected chi connectivity index (χ1v) is 5.00. The van der Waals surface area contributed by atoms with Crippen LogP contribution >= 0.6 is 0 Å². The molecule has 1 aromatic carbocycles. The predicted octanol–water partition coefficient (Wildman–Crippen LogP) is 1.05. The van der Waals surface area contributed by atoms with Gasteiger partial charge in [0.05, 0.1) is 7.11 Å². The van der Waals surface area contributed by atoms with Crippen LogP contribution in [0.3, 0.4) is 0 Å². The second kappa shape index (κ2) is 4.31. The van der Waals surface area contributed by atoms with E-state index < -0.39 is 0 Å². The van der Waals surface area contributed by atoms with Crippen molar-refractivity contribution in [3.63, 3.8) is 0 Å². The van der Waals surface area contributed by atoms with Crippen molar-refractivity contribution in [3.05, 3.63) is 29.8 Å². The molecule has 0 atom stereocenters. The van der Waals surface area contributed by atoms with Crippen LogP contribution in [0.5, 0.6) is 5.75 Å². The average Bonchev–Trinajstić information content (AvgIpc) is 2.82. The van der Waals surface area contributed by atoms with Gasteiger partial charge in [0.15, 0.2) is 0 Å². The van der Waals surface area contributed by atoms with Crippen molar-refractivity contribution in [1.82, 2.24) is 10.4 Å². The van der Waals surface area contributed by atoms with Crippen LogP contribution in [0.2, 0.25) is 0 Å². The lowest BCUT2D eigenvalue weighted by molar-refractivity contribution is 0.0726. The Morgan fingerprint density at radius 3 is 2.67 bits per heavy atom. The van der Waals surface area contributed by atoms with Crippen LogP contribution in [-0.2, 0) is 0 Å². The van der Waals surface area contributed by atoms with Gasteiger partial charge < -0.3 is 4.74 Å². The quantitative estimate of drug-likeness (QED) is 0.786. The zero-order valence-corrected chi connectivity index (χ0v) is 8.69. The summed E-state index contributed by atoms with van der Waals surface area (Å²) in [5.74, 6) is 0.788. The van der Waals surface area contributed by atoms with Crippen LogP contribution in [0.4, 0.5) is 0 Å². The summed E-state index contributed by atoms with van der Waals surface area (Å²) in [7, 11) is 1.61. The summed E-state index contributed by atoms with van der Waals surface area (Å²) in [5, 5.41) is 1.65. The van der Waals surface area contributed by atoms with Crippen molar-refractivity contribution < 1.29 is 9.53 Å². The molecular formula is C11H14N2O2. The molecule has 0 unspecified atom stereocenters. The second-order valence-electron chi connectivity index (χ2n) is 3.45. The molecule has 0 spiro atoms. The van der Waals surface area contributed by atoms with E-state index in [1.54, 1.807) is 36.4 Å². The molecule has 4 heteroatoms. The van der Waals surface area contributed by atoms with Crippen LogP contribution in [0.1, 0.15) is 16.8 Å². The van der Waals surface area contributed by atoms with E-state index in [4.69, 9.17) is 4.74 Å². The molecule has 0 bridgehead atoms. The first-order chi connectivity index (χ1) is 7.31. The smallest absolute Gasteiger partial charge is 0.267 e. The fourth-order valence-corrected chi connectivity index (χ4v) is 1.59. The van der Waals surface area contributed by atoms with Crippen LogP contribution in [-0.4, -0.2) is 31.1 Å². The Morgan fingerprint density at radius 2 is 2.13 bits per heavy atom. The summed E-state index contributed by atoms with van der Waals surface area (Å²) in [4.78, 5) is 11.9. The van der Waals surface area contributed by atoms with Gasteiger partial charge in [-0.2, -0.15) is 0 Å². The average molecular weight is 206 g/mol. The number of hydrazine groups is 1. The highest BCUT2D eigenvalue weighted by Crippen LogP contribution is 2.13. The summed E-state index contributed by atoms with van der Waals surface area (Å²) in [6, 6.07) is 7.15. The SMILES string of the molecule is COc1ccc(C(=O)N2CCCN2)cc1. The molecule has 1 saturated heterocycles. The van der Waals surface area contributed by atoms with E-state index in [9.17, 15) is 4.79 Å². The van der Waals surface area contributed by atoms with Crippen molar-refractivity contribution in [2.45, 2.75) is 6.42 Å². The maximum atomic E-state index is 11.9. The minimum atomic E-state index is 0.0233. The molecular weight excluding hydrogens is 192 g/mol. The molecule has 0 radical (unpaired) electrons. The molecule has 1 heterocycles. The van der Waals surface area contributed by atoms with Gasteiger partial charge in [-0.15, -0.1) is 0 Å². The molecule has 1 fully saturated rings. The normalized spacial score (nSPS) is 15.4. The Labute approximate surface area is 88.8 Å². The number of nitrogens with zero attached hydrogens (tertiary/aromatic N) is 1. The number of amides is 1. The molecule has 1 amide bonds. The molecule has 0 aliphatic carbocycles. The first kappa shape index (κ1) is 9.98. The van der Waals surface area contributed by atoms with Gasteiger partial charge >= 0.3 is 0 Å². The summed E-state index contributed by atoms with van der Waals surface area (Å²) >= 11 is 0. The van der Waals surface area contributed by atoms with Gasteiger partial charge in [0, 0.05) is 18.7 Å². The number of carbonyl (C=O) groups excluding carboxylic acids is 1. The standard InChI is InChI=1S/C11H14N2O2/c1-15-10-5-3-9(4-6-10)11(14)13-8-2-7-12-13/h3-6,12H,2,7-8H2,1H3. The number of hydrogen-bond acceptors (Lipinski definition) is 3. The van der Waals surface area contributed by atoms with Gasteiger partial charge in [-0.05, 0) is 30.7 Å². The number of nitrogens with one attached hydrogen (secondary N) is 1. The van der Waals surface area contributed by atoms with E-state index in [-0.39, 0.29) is 5.91 Å². The van der Waals surface area contributed by atoms with Gasteiger partial charge in [0.2, 0.25) is 0 Å². The number of methoxy groups -OCH3 is 1. The third-order valence-electron chi connectivity index (χ3n) is 2.44. The topological polar surface area (TPSA) is 41.6 Å². The zero-order valence-electron chi connectivity index (χ0n) is 8.69. The monoisotopic (exact) mass is 206 g/mol. The predicted molar refractivity (Wildman–Crippen MR) is 56.7 cm³/mol. The summed E-state index contributed by atoms with van der Waals surface area (Å²) < 4.78 is 5.03. The van der Waals surface area contributed by atoms with Crippen molar-refractivity contribution in [1.29, 1.82) is 0 Å². The van der Waals surface area contributed by atoms with Gasteiger partial charge in [-0.25, -0.2) is 5.43 Å². The summed E-state index contributed by atoms with van der Waals surface area (Å²) in [6.07, 6.45) is 1.02. The first-order valence-electron chi connectivity index (χ1n) is 5.00. The molecule has 1 aromatic rings. The largest absolute Gasteiger partial charge is 0.497 e. The third-order valence-corrected chi connectivity index (χ3v) is 2.44. The van der Waals surface area contributed by atoms with Crippen LogP contribution in [0, 0.1) is 0 Å². The van der Waals surface area contributed by atoms with E-state index in [0.29, 0.717) is 5.56 Å². The second-order valence-corrected chi connectivity index (χ2v) is 3.45. The van der Waals surface area contributed by atoms with Crippen molar-refractivity contribution in [2.75, 3.05) is 20.2 Å². The number of benzene rings is 1. The summed E-state index contributed by atoms with van der Waals surface area (Å²) in [6.45, 7) is 1.66. The van der Waals surface area contributed by atoms with Crippen molar-refractivity contribution >= 4 is 5.91 Å². The lowest BCUT2D eigenvalue weighted by atomic mass is 10.2. The molecule has 15 heavy (non-hydrogen) atoms. The Balaban J connectivity index is 2.11. The molecule has 2 rings (SSSR count). The van der Waals surface area contributed by atoms with Crippen LogP contribution in [0.15, 0.2) is 24.3 Å². The highest BCUT2D eigenvalue weighted by Gasteiger charge is 2.18. The molecule has 0 saturated carbocycles. The van der Waals surface area contributed by atoms with Crippen LogP contribution in [0.25, 0.3) is 0 Å². The van der Waals surface area contributed by atoms with Gasteiger partial charge in [0.1, 0.15) is 5.75 Å². The van der Waals surface area contributed by atoms with Crippen molar-refractivity contribution in [3.8, 4) is 5.75 Å². The third kappa shape index (κ3) is 2.10. The number of rotatable bonds is 2. The Kier molecular flexibility index (Phi) is 2.87. The molecule has 0 aromatic heterocycles. The summed E-state index contributed by atoms with van der Waals surface area (Å²) in [5.41, 5.74) is 3.72. The maximum absolute atomic E-state index is 11.9. The van der Waals surface area contributed by atoms with Crippen LogP contribution < -0.4 is 10.2 Å². The highest BCUT2D eigenvalue weighted by molar-refractivity contribution is 5.94. The Bertz CT molecular complexity index is 342. The van der Waals surface area contributed by atoms with Gasteiger partial charge in [-0.1, -0.05) is 0 Å². The zero-order chi connectivity index (χ0) is 10.7. The fraction of sp³-hybridized carbons (Fsp3) is 0.364. The van der Waals surface area contributed by atoms with E-state index >= 15 is 0 Å². The van der Waals surface area contributed by atoms with E-state index in [2.05, 4.69) is 5.43 Å². The van der Waals surface area contributed by atoms with Gasteiger partial charge in [-0.3, -0.25) is 9.80 Å². The molecule has 1 N–H and O–H groups in total. The number of ether oxygens (including phenoxy) is 1. The molecule has 1 aliphatic rings. The number of hydrogen-bond donors (Lipinski definition) is 1. The lowest BCUT2D eigenvalue weighted by Gasteiger charge is -2.15. The molecule has 80 valence electrons. The van der Waals surface area contributed by atoms with Gasteiger partial charge in [0.25, 0.3) is 5.91 Å². The van der Waals surface area contributed by atoms with E-state index in [1.807, 2.05) is 0 Å². The molecule has 4 nitrogen and oxygen atoms in total. The highest BCUT2D eigenvalue weighted by atomic mass is 16.5. The minimum Gasteiger partial charge on any atom is -0.497 e. The molecule has 1 aliphatic heterocycles.